The maximum atomic E-state index is 12.1. The monoisotopic (exact) mass is 350 g/mol. The van der Waals surface area contributed by atoms with E-state index >= 15 is 0 Å². The molecule has 3 rings (SSSR count). The van der Waals surface area contributed by atoms with Crippen molar-refractivity contribution in [2.75, 3.05) is 0 Å². The third kappa shape index (κ3) is 4.10. The van der Waals surface area contributed by atoms with Gasteiger partial charge >= 0.3 is 0 Å². The van der Waals surface area contributed by atoms with E-state index in [9.17, 15) is 15.0 Å². The molecule has 0 bridgehead atoms. The minimum absolute atomic E-state index is 0.0545. The van der Waals surface area contributed by atoms with E-state index in [0.29, 0.717) is 11.3 Å². The molecule has 0 aliphatic rings. The number of nitrogens with one attached hydrogen (secondary N) is 1. The Morgan fingerprint density at radius 2 is 1.85 bits per heavy atom. The predicted molar refractivity (Wildman–Crippen MR) is 99.5 cm³/mol. The third-order valence-corrected chi connectivity index (χ3v) is 3.80. The molecule has 3 aromatic rings. The van der Waals surface area contributed by atoms with E-state index in [-0.39, 0.29) is 11.5 Å². The van der Waals surface area contributed by atoms with Crippen molar-refractivity contribution in [1.29, 1.82) is 0 Å². The van der Waals surface area contributed by atoms with E-state index in [0.717, 1.165) is 10.8 Å². The highest BCUT2D eigenvalue weighted by molar-refractivity contribution is 5.87. The number of hydrogen-bond acceptors (Lipinski definition) is 5. The lowest BCUT2D eigenvalue weighted by atomic mass is 10.1. The highest BCUT2D eigenvalue weighted by Crippen LogP contribution is 2.22. The Morgan fingerprint density at radius 1 is 1.08 bits per heavy atom. The molecule has 0 aliphatic heterocycles. The molecule has 132 valence electrons. The summed E-state index contributed by atoms with van der Waals surface area (Å²) in [6.45, 7) is 1.62. The molecule has 26 heavy (non-hydrogen) atoms. The normalized spacial score (nSPS) is 12.2. The van der Waals surface area contributed by atoms with Crippen LogP contribution in [0.4, 0.5) is 0 Å². The van der Waals surface area contributed by atoms with Crippen LogP contribution in [0, 0.1) is 0 Å². The number of amides is 1. The van der Waals surface area contributed by atoms with Gasteiger partial charge in [0.15, 0.2) is 6.10 Å². The zero-order valence-electron chi connectivity index (χ0n) is 14.1. The fourth-order valence-electron chi connectivity index (χ4n) is 2.40. The van der Waals surface area contributed by atoms with Gasteiger partial charge in [-0.15, -0.1) is 0 Å². The number of nitrogens with zero attached hydrogens (tertiary/aromatic N) is 1. The number of fused-ring (bicyclic) bond motifs is 1. The first-order valence-corrected chi connectivity index (χ1v) is 8.03. The fourth-order valence-corrected chi connectivity index (χ4v) is 2.40. The first-order valence-electron chi connectivity index (χ1n) is 8.03. The van der Waals surface area contributed by atoms with E-state index in [4.69, 9.17) is 4.74 Å². The van der Waals surface area contributed by atoms with Gasteiger partial charge in [0.25, 0.3) is 5.91 Å². The van der Waals surface area contributed by atoms with Crippen molar-refractivity contribution >= 4 is 22.9 Å². The molecule has 0 saturated heterocycles. The summed E-state index contributed by atoms with van der Waals surface area (Å²) in [6.07, 6.45) is 0.539. The molecule has 1 unspecified atom stereocenters. The number of phenolic OH excluding ortho intramolecular Hbond substituents is 2. The SMILES string of the molecule is CC(Oc1ccc2ccccc2c1)C(=O)NN=Cc1ccc(O)cc1O. The second-order valence-electron chi connectivity index (χ2n) is 5.75. The van der Waals surface area contributed by atoms with Gasteiger partial charge in [0.05, 0.1) is 6.21 Å². The van der Waals surface area contributed by atoms with Gasteiger partial charge in [0.1, 0.15) is 17.2 Å². The van der Waals surface area contributed by atoms with Crippen molar-refractivity contribution < 1.29 is 19.7 Å². The molecule has 3 N–H and O–H groups in total. The molecule has 1 amide bonds. The molecule has 3 aromatic carbocycles. The largest absolute Gasteiger partial charge is 0.508 e. The number of hydrazone groups is 1. The van der Waals surface area contributed by atoms with Crippen LogP contribution in [-0.4, -0.2) is 28.4 Å². The van der Waals surface area contributed by atoms with Crippen LogP contribution in [0.1, 0.15) is 12.5 Å². The Morgan fingerprint density at radius 3 is 2.62 bits per heavy atom. The first-order chi connectivity index (χ1) is 12.5. The number of hydrogen-bond donors (Lipinski definition) is 3. The minimum atomic E-state index is -0.748. The van der Waals surface area contributed by atoms with Crippen molar-refractivity contribution in [2.24, 2.45) is 5.10 Å². The number of aromatic hydroxyl groups is 2. The van der Waals surface area contributed by atoms with E-state index in [1.807, 2.05) is 42.5 Å². The molecule has 0 aliphatic carbocycles. The zero-order chi connectivity index (χ0) is 18.5. The van der Waals surface area contributed by atoms with Crippen LogP contribution >= 0.6 is 0 Å². The molecular formula is C20H18N2O4. The Kier molecular flexibility index (Phi) is 5.03. The van der Waals surface area contributed by atoms with Gasteiger partial charge in [-0.1, -0.05) is 30.3 Å². The molecular weight excluding hydrogens is 332 g/mol. The molecule has 0 spiro atoms. The van der Waals surface area contributed by atoms with E-state index in [2.05, 4.69) is 10.5 Å². The molecule has 6 nitrogen and oxygen atoms in total. The minimum Gasteiger partial charge on any atom is -0.508 e. The Balaban J connectivity index is 1.60. The number of phenols is 2. The van der Waals surface area contributed by atoms with Gasteiger partial charge in [0.2, 0.25) is 0 Å². The lowest BCUT2D eigenvalue weighted by Gasteiger charge is -2.13. The average Bonchev–Trinajstić information content (AvgIpc) is 2.63. The predicted octanol–water partition coefficient (Wildman–Crippen LogP) is 3.17. The summed E-state index contributed by atoms with van der Waals surface area (Å²) in [7, 11) is 0. The maximum absolute atomic E-state index is 12.1. The highest BCUT2D eigenvalue weighted by atomic mass is 16.5. The van der Waals surface area contributed by atoms with Crippen LogP contribution < -0.4 is 10.2 Å². The molecule has 0 fully saturated rings. The Hall–Kier alpha value is -3.54. The highest BCUT2D eigenvalue weighted by Gasteiger charge is 2.14. The molecule has 0 saturated carbocycles. The Labute approximate surface area is 150 Å². The van der Waals surface area contributed by atoms with Gasteiger partial charge < -0.3 is 14.9 Å². The molecule has 0 aromatic heterocycles. The average molecular weight is 350 g/mol. The van der Waals surface area contributed by atoms with Crippen LogP contribution in [0.3, 0.4) is 0 Å². The van der Waals surface area contributed by atoms with Crippen LogP contribution in [0.5, 0.6) is 17.2 Å². The van der Waals surface area contributed by atoms with Crippen molar-refractivity contribution in [3.8, 4) is 17.2 Å². The number of carbonyl (C=O) groups excluding carboxylic acids is 1. The van der Waals surface area contributed by atoms with Gasteiger partial charge in [-0.05, 0) is 42.0 Å². The summed E-state index contributed by atoms with van der Waals surface area (Å²) < 4.78 is 5.66. The first kappa shape index (κ1) is 17.3. The van der Waals surface area contributed by atoms with Gasteiger partial charge in [-0.25, -0.2) is 5.43 Å². The van der Waals surface area contributed by atoms with Crippen LogP contribution in [0.25, 0.3) is 10.8 Å². The third-order valence-electron chi connectivity index (χ3n) is 3.80. The van der Waals surface area contributed by atoms with E-state index < -0.39 is 12.0 Å². The lowest BCUT2D eigenvalue weighted by Crippen LogP contribution is -2.33. The summed E-state index contributed by atoms with van der Waals surface area (Å²) >= 11 is 0. The molecule has 6 heteroatoms. The van der Waals surface area contributed by atoms with Crippen molar-refractivity contribution in [2.45, 2.75) is 13.0 Å². The fraction of sp³-hybridized carbons (Fsp3) is 0.100. The summed E-state index contributed by atoms with van der Waals surface area (Å²) in [4.78, 5) is 12.1. The second-order valence-corrected chi connectivity index (χ2v) is 5.75. The smallest absolute Gasteiger partial charge is 0.280 e. The number of rotatable bonds is 5. The summed E-state index contributed by atoms with van der Waals surface area (Å²) in [5.41, 5.74) is 2.73. The van der Waals surface area contributed by atoms with Crippen molar-refractivity contribution in [3.63, 3.8) is 0 Å². The van der Waals surface area contributed by atoms with E-state index in [1.54, 1.807) is 6.92 Å². The number of carbonyl (C=O) groups is 1. The Bertz CT molecular complexity index is 969. The zero-order valence-corrected chi connectivity index (χ0v) is 14.1. The molecule has 0 radical (unpaired) electrons. The van der Waals surface area contributed by atoms with Crippen LogP contribution in [0.2, 0.25) is 0 Å². The standard InChI is InChI=1S/C20H18N2O4/c1-13(26-18-9-7-14-4-2-3-5-15(14)10-18)20(25)22-21-12-16-6-8-17(23)11-19(16)24/h2-13,23-24H,1H3,(H,22,25). The molecule has 1 atom stereocenters. The number of ether oxygens (including phenoxy) is 1. The van der Waals surface area contributed by atoms with Gasteiger partial charge in [0, 0.05) is 11.6 Å². The van der Waals surface area contributed by atoms with Crippen molar-refractivity contribution in [3.05, 3.63) is 66.2 Å². The second kappa shape index (κ2) is 7.57. The molecule has 0 heterocycles. The summed E-state index contributed by atoms with van der Waals surface area (Å²) in [6, 6.07) is 17.6. The van der Waals surface area contributed by atoms with Gasteiger partial charge in [-0.2, -0.15) is 5.10 Å². The van der Waals surface area contributed by atoms with E-state index in [1.165, 1.54) is 24.4 Å². The summed E-state index contributed by atoms with van der Waals surface area (Å²) in [5.74, 6) is -0.0243. The maximum Gasteiger partial charge on any atom is 0.280 e. The lowest BCUT2D eigenvalue weighted by molar-refractivity contribution is -0.127. The van der Waals surface area contributed by atoms with Gasteiger partial charge in [-0.3, -0.25) is 4.79 Å². The quantitative estimate of drug-likeness (QED) is 0.487. The van der Waals surface area contributed by atoms with Crippen LogP contribution in [-0.2, 0) is 4.79 Å². The number of benzene rings is 3. The van der Waals surface area contributed by atoms with Crippen molar-refractivity contribution in [1.82, 2.24) is 5.43 Å². The van der Waals surface area contributed by atoms with Crippen LogP contribution in [0.15, 0.2) is 65.8 Å². The topological polar surface area (TPSA) is 91.2 Å². The summed E-state index contributed by atoms with van der Waals surface area (Å²) in [5, 5.41) is 24.8.